The topological polar surface area (TPSA) is 101 Å². The molecule has 8 nitrogen and oxygen atoms in total. The maximum Gasteiger partial charge on any atom is 0.424 e. The van der Waals surface area contributed by atoms with Crippen LogP contribution in [-0.4, -0.2) is 26.1 Å². The average Bonchev–Trinajstić information content (AvgIpc) is 2.94. The highest BCUT2D eigenvalue weighted by atomic mass is 79.9. The Hall–Kier alpha value is -3.77. The van der Waals surface area contributed by atoms with E-state index < -0.39 is 12.0 Å². The van der Waals surface area contributed by atoms with Crippen LogP contribution < -0.4 is 18.7 Å². The van der Waals surface area contributed by atoms with Crippen LogP contribution in [0.4, 0.5) is 10.5 Å². The monoisotopic (exact) mass is 593 g/mol. The van der Waals surface area contributed by atoms with E-state index in [4.69, 9.17) is 14.2 Å². The lowest BCUT2D eigenvalue weighted by molar-refractivity contribution is -0.117. The first-order valence-corrected chi connectivity index (χ1v) is 13.6. The van der Waals surface area contributed by atoms with Crippen LogP contribution in [0.2, 0.25) is 0 Å². The number of halogens is 1. The summed E-state index contributed by atoms with van der Waals surface area (Å²) in [5.74, 6) is 0.917. The molecule has 0 bridgehead atoms. The number of amides is 1. The van der Waals surface area contributed by atoms with Crippen molar-refractivity contribution in [3.63, 3.8) is 0 Å². The molecule has 0 spiro atoms. The number of nitrogens with zero attached hydrogens (tertiary/aromatic N) is 2. The fraction of sp³-hybridized carbons (Fsp3) is 0.367. The number of hydrogen-bond donors (Lipinski definition) is 1. The SMILES string of the molecule is CCCC1CC(=O)C2=C(C1)NC(C)=C(C#N)C2c1ccc(OCc2cccc(OC)c2)c(N(Br)C(=O)OC)c1. The van der Waals surface area contributed by atoms with Crippen LogP contribution in [0.1, 0.15) is 56.6 Å². The summed E-state index contributed by atoms with van der Waals surface area (Å²) in [6, 6.07) is 15.2. The maximum absolute atomic E-state index is 13.5. The molecule has 4 rings (SSSR count). The highest BCUT2D eigenvalue weighted by molar-refractivity contribution is 9.10. The predicted molar refractivity (Wildman–Crippen MR) is 151 cm³/mol. The summed E-state index contributed by atoms with van der Waals surface area (Å²) in [6.07, 6.45) is 2.57. The van der Waals surface area contributed by atoms with Crippen LogP contribution in [0.25, 0.3) is 0 Å². The van der Waals surface area contributed by atoms with Gasteiger partial charge in [0.25, 0.3) is 0 Å². The van der Waals surface area contributed by atoms with Gasteiger partial charge in [-0.05, 0) is 61.1 Å². The van der Waals surface area contributed by atoms with Gasteiger partial charge in [-0.3, -0.25) is 4.79 Å². The Labute approximate surface area is 237 Å². The van der Waals surface area contributed by atoms with E-state index in [1.807, 2.05) is 37.3 Å². The molecule has 0 saturated heterocycles. The fourth-order valence-corrected chi connectivity index (χ4v) is 5.73. The van der Waals surface area contributed by atoms with E-state index in [2.05, 4.69) is 34.5 Å². The number of carbonyl (C=O) groups excluding carboxylic acids is 2. The molecular formula is C30H32BrN3O5. The van der Waals surface area contributed by atoms with Crippen molar-refractivity contribution < 1.29 is 23.8 Å². The first kappa shape index (κ1) is 28.2. The van der Waals surface area contributed by atoms with E-state index in [0.29, 0.717) is 40.3 Å². The van der Waals surface area contributed by atoms with Crippen molar-refractivity contribution >= 4 is 33.7 Å². The summed E-state index contributed by atoms with van der Waals surface area (Å²) < 4.78 is 17.5. The molecule has 204 valence electrons. The lowest BCUT2D eigenvalue weighted by Gasteiger charge is -2.35. The third kappa shape index (κ3) is 5.96. The number of benzene rings is 2. The van der Waals surface area contributed by atoms with Gasteiger partial charge in [0.1, 0.15) is 23.8 Å². The second-order valence-corrected chi connectivity index (χ2v) is 10.4. The van der Waals surface area contributed by atoms with Crippen molar-refractivity contribution in [3.05, 3.63) is 76.1 Å². The van der Waals surface area contributed by atoms with Crippen molar-refractivity contribution in [3.8, 4) is 17.6 Å². The number of allylic oxidation sites excluding steroid dienone is 4. The highest BCUT2D eigenvalue weighted by Crippen LogP contribution is 2.46. The number of hydrogen-bond acceptors (Lipinski definition) is 7. The van der Waals surface area contributed by atoms with Crippen molar-refractivity contribution in [2.24, 2.45) is 5.92 Å². The Morgan fingerprint density at radius 3 is 2.69 bits per heavy atom. The molecule has 2 aromatic rings. The van der Waals surface area contributed by atoms with Crippen molar-refractivity contribution in [2.45, 2.75) is 52.1 Å². The first-order valence-electron chi connectivity index (χ1n) is 12.9. The van der Waals surface area contributed by atoms with Gasteiger partial charge < -0.3 is 19.5 Å². The minimum absolute atomic E-state index is 0.0519. The van der Waals surface area contributed by atoms with Crippen LogP contribution in [0.15, 0.2) is 65.0 Å². The largest absolute Gasteiger partial charge is 0.497 e. The van der Waals surface area contributed by atoms with Crippen LogP contribution in [-0.2, 0) is 16.1 Å². The molecule has 2 atom stereocenters. The van der Waals surface area contributed by atoms with Gasteiger partial charge in [0, 0.05) is 23.4 Å². The smallest absolute Gasteiger partial charge is 0.424 e. The van der Waals surface area contributed by atoms with Gasteiger partial charge in [-0.1, -0.05) is 31.5 Å². The van der Waals surface area contributed by atoms with Crippen LogP contribution in [0.3, 0.4) is 0 Å². The number of methoxy groups -OCH3 is 2. The Kier molecular flexibility index (Phi) is 8.97. The van der Waals surface area contributed by atoms with Crippen LogP contribution in [0, 0.1) is 17.2 Å². The second-order valence-electron chi connectivity index (χ2n) is 9.71. The number of ketones is 1. The van der Waals surface area contributed by atoms with Crippen molar-refractivity contribution in [1.82, 2.24) is 5.32 Å². The van der Waals surface area contributed by atoms with Crippen molar-refractivity contribution in [2.75, 3.05) is 18.1 Å². The fourth-order valence-electron chi connectivity index (χ4n) is 5.30. The zero-order chi connectivity index (χ0) is 28.1. The summed E-state index contributed by atoms with van der Waals surface area (Å²) in [4.78, 5) is 26.0. The second kappa shape index (κ2) is 12.4. The normalized spacial score (nSPS) is 18.6. The van der Waals surface area contributed by atoms with E-state index in [1.165, 1.54) is 11.0 Å². The molecule has 1 heterocycles. The summed E-state index contributed by atoms with van der Waals surface area (Å²) in [5, 5.41) is 13.5. The lowest BCUT2D eigenvalue weighted by Crippen LogP contribution is -2.34. The molecule has 0 radical (unpaired) electrons. The molecule has 1 amide bonds. The van der Waals surface area contributed by atoms with Crippen molar-refractivity contribution in [1.29, 1.82) is 5.26 Å². The zero-order valence-corrected chi connectivity index (χ0v) is 24.1. The third-order valence-electron chi connectivity index (χ3n) is 7.12. The van der Waals surface area contributed by atoms with Crippen LogP contribution >= 0.6 is 16.1 Å². The van der Waals surface area contributed by atoms with Crippen LogP contribution in [0.5, 0.6) is 11.5 Å². The van der Waals surface area contributed by atoms with Gasteiger partial charge in [0.2, 0.25) is 0 Å². The number of nitrogens with one attached hydrogen (secondary N) is 1. The zero-order valence-electron chi connectivity index (χ0n) is 22.5. The summed E-state index contributed by atoms with van der Waals surface area (Å²) in [6.45, 7) is 4.21. The van der Waals surface area contributed by atoms with E-state index in [-0.39, 0.29) is 18.3 Å². The minimum atomic E-state index is -0.646. The van der Waals surface area contributed by atoms with Gasteiger partial charge in [-0.25, -0.2) is 8.72 Å². The number of carbonyl (C=O) groups is 2. The molecule has 39 heavy (non-hydrogen) atoms. The van der Waals surface area contributed by atoms with E-state index in [0.717, 1.165) is 36.2 Å². The number of Topliss-reactive ketones (excluding diaryl/α,β-unsaturated/α-hetero) is 1. The summed E-state index contributed by atoms with van der Waals surface area (Å²) in [5.41, 5.74) is 4.70. The van der Waals surface area contributed by atoms with E-state index >= 15 is 0 Å². The lowest BCUT2D eigenvalue weighted by atomic mass is 9.72. The molecule has 1 N–H and O–H groups in total. The maximum atomic E-state index is 13.5. The molecular weight excluding hydrogens is 562 g/mol. The highest BCUT2D eigenvalue weighted by Gasteiger charge is 2.39. The van der Waals surface area contributed by atoms with E-state index in [1.54, 1.807) is 19.2 Å². The third-order valence-corrected chi connectivity index (χ3v) is 7.79. The molecule has 9 heteroatoms. The first-order chi connectivity index (χ1) is 18.8. The van der Waals surface area contributed by atoms with Gasteiger partial charge in [0.15, 0.2) is 5.78 Å². The average molecular weight is 595 g/mol. The van der Waals surface area contributed by atoms with Gasteiger partial charge in [-0.2, -0.15) is 5.26 Å². The molecule has 1 aliphatic carbocycles. The molecule has 0 aromatic heterocycles. The predicted octanol–water partition coefficient (Wildman–Crippen LogP) is 6.67. The molecule has 0 fully saturated rings. The Morgan fingerprint density at radius 2 is 2.00 bits per heavy atom. The minimum Gasteiger partial charge on any atom is -0.497 e. The standard InChI is InChI=1S/C30H32BrN3O5/c1-5-7-19-13-24-29(26(35)14-19)28(23(16-32)18(2)33-24)21-10-11-27(25(15-21)34(31)30(36)38-4)39-17-20-8-6-9-22(12-20)37-3/h6,8-12,15,19,28,33H,5,7,13-14,17H2,1-4H3. The molecule has 2 aromatic carbocycles. The van der Waals surface area contributed by atoms with Gasteiger partial charge >= 0.3 is 6.09 Å². The molecule has 2 aliphatic rings. The molecule has 1 aliphatic heterocycles. The Bertz CT molecular complexity index is 1380. The Balaban J connectivity index is 1.76. The molecule has 2 unspecified atom stereocenters. The quantitative estimate of drug-likeness (QED) is 0.341. The number of nitriles is 1. The summed E-state index contributed by atoms with van der Waals surface area (Å²) >= 11 is 3.31. The number of ether oxygens (including phenoxy) is 3. The number of dihydropyridines is 1. The summed E-state index contributed by atoms with van der Waals surface area (Å²) in [7, 11) is 2.89. The number of rotatable bonds is 8. The van der Waals surface area contributed by atoms with E-state index in [9.17, 15) is 14.9 Å². The number of anilines is 1. The Morgan fingerprint density at radius 1 is 1.21 bits per heavy atom. The van der Waals surface area contributed by atoms with Gasteiger partial charge in [0.05, 0.1) is 47.9 Å². The van der Waals surface area contributed by atoms with Gasteiger partial charge in [-0.15, -0.1) is 0 Å². The molecule has 0 saturated carbocycles.